The molecule has 0 saturated carbocycles. The Hall–Kier alpha value is -3.93. The molecule has 30 heavy (non-hydrogen) atoms. The quantitative estimate of drug-likeness (QED) is 0.429. The number of para-hydroxylation sites is 2. The molecule has 1 heterocycles. The molecule has 0 aliphatic heterocycles. The molecule has 0 amide bonds. The molecule has 0 aliphatic carbocycles. The van der Waals surface area contributed by atoms with Crippen LogP contribution in [0.3, 0.4) is 0 Å². The van der Waals surface area contributed by atoms with Crippen molar-refractivity contribution < 1.29 is 19.3 Å². The predicted octanol–water partition coefficient (Wildman–Crippen LogP) is 5.47. The molecule has 0 radical (unpaired) electrons. The van der Waals surface area contributed by atoms with Crippen molar-refractivity contribution in [2.45, 2.75) is 13.5 Å². The van der Waals surface area contributed by atoms with Gasteiger partial charge in [0.05, 0.1) is 13.3 Å². The van der Waals surface area contributed by atoms with Crippen molar-refractivity contribution in [3.05, 3.63) is 84.1 Å². The summed E-state index contributed by atoms with van der Waals surface area (Å²) in [6.45, 7) is 2.47. The fourth-order valence-corrected chi connectivity index (χ4v) is 3.11. The molecule has 0 saturated heterocycles. The molecular weight excluding hydrogens is 380 g/mol. The van der Waals surface area contributed by atoms with E-state index in [1.54, 1.807) is 37.6 Å². The smallest absolute Gasteiger partial charge is 0.173 e. The van der Waals surface area contributed by atoms with Crippen LogP contribution in [0.2, 0.25) is 0 Å². The van der Waals surface area contributed by atoms with E-state index in [0.717, 1.165) is 11.1 Å². The van der Waals surface area contributed by atoms with Crippen LogP contribution in [-0.2, 0) is 6.61 Å². The molecule has 1 aromatic heterocycles. The average molecular weight is 402 g/mol. The monoisotopic (exact) mass is 402 g/mol. The summed E-state index contributed by atoms with van der Waals surface area (Å²) in [7, 11) is 1.58. The third-order valence-corrected chi connectivity index (χ3v) is 4.79. The lowest BCUT2D eigenvalue weighted by atomic mass is 10.1. The molecule has 4 rings (SSSR count). The Morgan fingerprint density at radius 3 is 2.47 bits per heavy atom. The van der Waals surface area contributed by atoms with Gasteiger partial charge in [0.1, 0.15) is 23.8 Å². The molecule has 0 bridgehead atoms. The first-order valence-corrected chi connectivity index (χ1v) is 9.50. The van der Waals surface area contributed by atoms with Crippen molar-refractivity contribution in [3.8, 4) is 40.0 Å². The summed E-state index contributed by atoms with van der Waals surface area (Å²) in [6, 6.07) is 20.5. The number of hydrogen-bond donors (Lipinski definition) is 2. The number of aromatic amines is 1. The van der Waals surface area contributed by atoms with Crippen LogP contribution in [0.1, 0.15) is 11.1 Å². The van der Waals surface area contributed by atoms with Gasteiger partial charge in [0.2, 0.25) is 0 Å². The van der Waals surface area contributed by atoms with E-state index in [1.807, 2.05) is 49.4 Å². The Morgan fingerprint density at radius 1 is 0.933 bits per heavy atom. The number of methoxy groups -OCH3 is 1. The first kappa shape index (κ1) is 19.4. The summed E-state index contributed by atoms with van der Waals surface area (Å²) >= 11 is 0. The second-order valence-electron chi connectivity index (χ2n) is 6.76. The zero-order chi connectivity index (χ0) is 20.9. The van der Waals surface area contributed by atoms with Gasteiger partial charge in [0.25, 0.3) is 0 Å². The molecule has 0 fully saturated rings. The van der Waals surface area contributed by atoms with Gasteiger partial charge in [-0.25, -0.2) is 0 Å². The Kier molecular flexibility index (Phi) is 5.57. The molecule has 0 aliphatic rings. The topological polar surface area (TPSA) is 76.6 Å². The summed E-state index contributed by atoms with van der Waals surface area (Å²) in [5, 5.41) is 17.6. The lowest BCUT2D eigenvalue weighted by Crippen LogP contribution is -1.97. The SMILES string of the molecule is COc1ccccc1Oc1cn[nH]c1-c1ccc(OCc2ccccc2C)cc1O. The zero-order valence-electron chi connectivity index (χ0n) is 16.8. The molecule has 0 unspecified atom stereocenters. The maximum Gasteiger partial charge on any atom is 0.173 e. The van der Waals surface area contributed by atoms with Crippen LogP contribution in [-0.4, -0.2) is 22.4 Å². The number of benzene rings is 3. The van der Waals surface area contributed by atoms with Gasteiger partial charge in [-0.2, -0.15) is 5.10 Å². The Labute approximate surface area is 174 Å². The minimum Gasteiger partial charge on any atom is -0.507 e. The van der Waals surface area contributed by atoms with Gasteiger partial charge in [0, 0.05) is 11.6 Å². The fourth-order valence-electron chi connectivity index (χ4n) is 3.11. The van der Waals surface area contributed by atoms with Crippen molar-refractivity contribution in [3.63, 3.8) is 0 Å². The van der Waals surface area contributed by atoms with Crippen molar-refractivity contribution in [2.75, 3.05) is 7.11 Å². The number of nitrogens with one attached hydrogen (secondary N) is 1. The van der Waals surface area contributed by atoms with Gasteiger partial charge < -0.3 is 19.3 Å². The van der Waals surface area contributed by atoms with Gasteiger partial charge in [-0.3, -0.25) is 5.10 Å². The number of nitrogens with zero attached hydrogens (tertiary/aromatic N) is 1. The van der Waals surface area contributed by atoms with E-state index in [9.17, 15) is 5.11 Å². The maximum atomic E-state index is 10.6. The second-order valence-corrected chi connectivity index (χ2v) is 6.76. The Balaban J connectivity index is 1.54. The number of aryl methyl sites for hydroxylation is 1. The number of phenols is 1. The summed E-state index contributed by atoms with van der Waals surface area (Å²) in [5.74, 6) is 2.27. The van der Waals surface area contributed by atoms with Crippen LogP contribution in [0.5, 0.6) is 28.7 Å². The average Bonchev–Trinajstić information content (AvgIpc) is 3.21. The van der Waals surface area contributed by atoms with E-state index >= 15 is 0 Å². The molecular formula is C24H22N2O4. The van der Waals surface area contributed by atoms with Crippen molar-refractivity contribution in [1.82, 2.24) is 10.2 Å². The van der Waals surface area contributed by atoms with E-state index in [0.29, 0.717) is 40.9 Å². The first-order valence-electron chi connectivity index (χ1n) is 9.50. The van der Waals surface area contributed by atoms with Crippen molar-refractivity contribution in [1.29, 1.82) is 0 Å². The van der Waals surface area contributed by atoms with E-state index < -0.39 is 0 Å². The molecule has 6 nitrogen and oxygen atoms in total. The first-order chi connectivity index (χ1) is 14.7. The number of ether oxygens (including phenoxy) is 3. The van der Waals surface area contributed by atoms with E-state index in [2.05, 4.69) is 10.2 Å². The van der Waals surface area contributed by atoms with Gasteiger partial charge >= 0.3 is 0 Å². The Morgan fingerprint density at radius 2 is 1.70 bits per heavy atom. The van der Waals surface area contributed by atoms with Crippen LogP contribution < -0.4 is 14.2 Å². The van der Waals surface area contributed by atoms with Crippen LogP contribution >= 0.6 is 0 Å². The third kappa shape index (κ3) is 4.07. The lowest BCUT2D eigenvalue weighted by molar-refractivity contribution is 0.303. The standard InChI is InChI=1S/C24H22N2O4/c1-16-7-3-4-8-17(16)15-29-18-11-12-19(20(27)13-18)24-23(14-25-26-24)30-22-10-6-5-9-21(22)28-2/h3-14,27H,15H2,1-2H3,(H,25,26). The van der Waals surface area contributed by atoms with Crippen LogP contribution in [0.25, 0.3) is 11.3 Å². The third-order valence-electron chi connectivity index (χ3n) is 4.79. The predicted molar refractivity (Wildman–Crippen MR) is 114 cm³/mol. The van der Waals surface area contributed by atoms with Crippen LogP contribution in [0.4, 0.5) is 0 Å². The Bertz CT molecular complexity index is 1150. The molecule has 0 spiro atoms. The molecule has 4 aromatic rings. The molecule has 2 N–H and O–H groups in total. The number of phenolic OH excluding ortho intramolecular Hbond substituents is 1. The van der Waals surface area contributed by atoms with Crippen LogP contribution in [0, 0.1) is 6.92 Å². The highest BCUT2D eigenvalue weighted by atomic mass is 16.5. The molecule has 3 aromatic carbocycles. The minimum atomic E-state index is 0.0615. The molecule has 0 atom stereocenters. The van der Waals surface area contributed by atoms with Crippen molar-refractivity contribution in [2.24, 2.45) is 0 Å². The van der Waals surface area contributed by atoms with Gasteiger partial charge in [0.15, 0.2) is 17.2 Å². The molecule has 152 valence electrons. The highest BCUT2D eigenvalue weighted by Crippen LogP contribution is 2.39. The van der Waals surface area contributed by atoms with E-state index in [1.165, 1.54) is 0 Å². The highest BCUT2D eigenvalue weighted by molar-refractivity contribution is 5.73. The number of aromatic hydroxyl groups is 1. The van der Waals surface area contributed by atoms with Crippen molar-refractivity contribution >= 4 is 0 Å². The summed E-state index contributed by atoms with van der Waals surface area (Å²) in [6.07, 6.45) is 1.56. The highest BCUT2D eigenvalue weighted by Gasteiger charge is 2.16. The minimum absolute atomic E-state index is 0.0615. The van der Waals surface area contributed by atoms with E-state index in [-0.39, 0.29) is 5.75 Å². The normalized spacial score (nSPS) is 10.6. The summed E-state index contributed by atoms with van der Waals surface area (Å²) in [4.78, 5) is 0. The lowest BCUT2D eigenvalue weighted by Gasteiger charge is -2.12. The van der Waals surface area contributed by atoms with Gasteiger partial charge in [-0.1, -0.05) is 36.4 Å². The molecule has 6 heteroatoms. The second kappa shape index (κ2) is 8.61. The fraction of sp³-hybridized carbons (Fsp3) is 0.125. The zero-order valence-corrected chi connectivity index (χ0v) is 16.8. The maximum absolute atomic E-state index is 10.6. The largest absolute Gasteiger partial charge is 0.507 e. The number of H-pyrrole nitrogens is 1. The summed E-state index contributed by atoms with van der Waals surface area (Å²) < 4.78 is 17.1. The summed E-state index contributed by atoms with van der Waals surface area (Å²) in [5.41, 5.74) is 3.38. The number of rotatable bonds is 7. The van der Waals surface area contributed by atoms with Crippen LogP contribution in [0.15, 0.2) is 72.9 Å². The number of aromatic nitrogens is 2. The number of hydrogen-bond acceptors (Lipinski definition) is 5. The van der Waals surface area contributed by atoms with Gasteiger partial charge in [-0.05, 0) is 42.3 Å². The van der Waals surface area contributed by atoms with Gasteiger partial charge in [-0.15, -0.1) is 0 Å². The van der Waals surface area contributed by atoms with E-state index in [4.69, 9.17) is 14.2 Å².